The van der Waals surface area contributed by atoms with Gasteiger partial charge in [0, 0.05) is 30.8 Å². The van der Waals surface area contributed by atoms with Crippen molar-refractivity contribution in [3.8, 4) is 0 Å². The molecule has 1 heterocycles. The first-order valence-electron chi connectivity index (χ1n) is 8.36. The second-order valence-electron chi connectivity index (χ2n) is 6.24. The van der Waals surface area contributed by atoms with Crippen LogP contribution in [0.5, 0.6) is 0 Å². The van der Waals surface area contributed by atoms with Crippen molar-refractivity contribution < 1.29 is 9.31 Å². The molecule has 0 spiro atoms. The van der Waals surface area contributed by atoms with E-state index in [-0.39, 0.29) is 7.12 Å². The third-order valence-electron chi connectivity index (χ3n) is 4.06. The maximum Gasteiger partial charge on any atom is 0.493 e. The van der Waals surface area contributed by atoms with E-state index in [1.807, 2.05) is 0 Å². The van der Waals surface area contributed by atoms with Crippen LogP contribution in [0.25, 0.3) is 0 Å². The highest BCUT2D eigenvalue weighted by Gasteiger charge is 2.25. The maximum absolute atomic E-state index is 5.98. The topological polar surface area (TPSA) is 21.7 Å². The molecule has 0 saturated carbocycles. The van der Waals surface area contributed by atoms with Gasteiger partial charge in [-0.3, -0.25) is 4.90 Å². The van der Waals surface area contributed by atoms with E-state index in [9.17, 15) is 0 Å². The molecule has 0 bridgehead atoms. The van der Waals surface area contributed by atoms with Gasteiger partial charge in [0.15, 0.2) is 0 Å². The number of nitrogens with zero attached hydrogens (tertiary/aromatic N) is 1. The Kier molecular flexibility index (Phi) is 7.41. The molecule has 0 unspecified atom stereocenters. The number of hydrogen-bond donors (Lipinski definition) is 0. The van der Waals surface area contributed by atoms with E-state index < -0.39 is 0 Å². The van der Waals surface area contributed by atoms with E-state index >= 15 is 0 Å². The molecular formula is C17H27BBrNO2. The summed E-state index contributed by atoms with van der Waals surface area (Å²) in [6.07, 6.45) is 2.48. The van der Waals surface area contributed by atoms with Gasteiger partial charge in [0.05, 0.1) is 0 Å². The molecule has 0 aliphatic carbocycles. The van der Waals surface area contributed by atoms with Gasteiger partial charge >= 0.3 is 7.12 Å². The Morgan fingerprint density at radius 1 is 1.18 bits per heavy atom. The number of rotatable bonds is 5. The molecule has 0 N–H and O–H groups in total. The highest BCUT2D eigenvalue weighted by Crippen LogP contribution is 2.18. The first kappa shape index (κ1) is 18.0. The third kappa shape index (κ3) is 5.37. The monoisotopic (exact) mass is 367 g/mol. The van der Waals surface area contributed by atoms with E-state index in [0.717, 1.165) is 42.8 Å². The minimum Gasteiger partial charge on any atom is -0.406 e. The maximum atomic E-state index is 5.98. The predicted molar refractivity (Wildman–Crippen MR) is 96.9 cm³/mol. The van der Waals surface area contributed by atoms with E-state index in [4.69, 9.17) is 9.31 Å². The second-order valence-corrected chi connectivity index (χ2v) is 7.16. The molecule has 1 fully saturated rings. The standard InChI is InChI=1S/C17H27BBrNO2/c1-4-5-6-20-7-9-21-18(22-10-8-20)16-11-15(14(2)3)12-17(19)13-16/h11-14H,4-10H2,1-3H3. The number of hydrogen-bond acceptors (Lipinski definition) is 3. The lowest BCUT2D eigenvalue weighted by molar-refractivity contribution is 0.116. The molecule has 1 aromatic rings. The lowest BCUT2D eigenvalue weighted by Gasteiger charge is -2.27. The molecule has 22 heavy (non-hydrogen) atoms. The molecule has 1 aromatic carbocycles. The van der Waals surface area contributed by atoms with E-state index in [1.165, 1.54) is 18.4 Å². The van der Waals surface area contributed by atoms with Crippen molar-refractivity contribution in [3.63, 3.8) is 0 Å². The van der Waals surface area contributed by atoms with Crippen LogP contribution in [-0.4, -0.2) is 44.9 Å². The van der Waals surface area contributed by atoms with Crippen LogP contribution in [0.2, 0.25) is 0 Å². The fraction of sp³-hybridized carbons (Fsp3) is 0.647. The van der Waals surface area contributed by atoms with Crippen molar-refractivity contribution in [2.45, 2.75) is 39.5 Å². The first-order chi connectivity index (χ1) is 10.6. The average Bonchev–Trinajstić information content (AvgIpc) is 2.45. The molecule has 0 aromatic heterocycles. The van der Waals surface area contributed by atoms with Crippen molar-refractivity contribution in [2.24, 2.45) is 0 Å². The van der Waals surface area contributed by atoms with Crippen molar-refractivity contribution >= 4 is 28.5 Å². The minimum absolute atomic E-state index is 0.247. The SMILES string of the molecule is CCCCN1CCOB(c2cc(Br)cc(C(C)C)c2)OCC1. The van der Waals surface area contributed by atoms with Crippen molar-refractivity contribution in [3.05, 3.63) is 28.2 Å². The lowest BCUT2D eigenvalue weighted by atomic mass is 9.77. The normalized spacial score (nSPS) is 17.6. The molecular weight excluding hydrogens is 341 g/mol. The summed E-state index contributed by atoms with van der Waals surface area (Å²) in [5.41, 5.74) is 2.42. The Bertz CT molecular complexity index is 460. The van der Waals surface area contributed by atoms with Crippen LogP contribution >= 0.6 is 15.9 Å². The van der Waals surface area contributed by atoms with Gasteiger partial charge in [-0.15, -0.1) is 0 Å². The minimum atomic E-state index is -0.247. The highest BCUT2D eigenvalue weighted by molar-refractivity contribution is 9.10. The fourth-order valence-electron chi connectivity index (χ4n) is 2.64. The van der Waals surface area contributed by atoms with Crippen LogP contribution in [0.3, 0.4) is 0 Å². The fourth-order valence-corrected chi connectivity index (χ4v) is 3.17. The van der Waals surface area contributed by atoms with Gasteiger partial charge in [0.2, 0.25) is 0 Å². The van der Waals surface area contributed by atoms with Crippen molar-refractivity contribution in [1.82, 2.24) is 4.90 Å². The lowest BCUT2D eigenvalue weighted by Crippen LogP contribution is -2.44. The summed E-state index contributed by atoms with van der Waals surface area (Å²) >= 11 is 3.60. The summed E-state index contributed by atoms with van der Waals surface area (Å²) in [5, 5.41) is 0. The van der Waals surface area contributed by atoms with E-state index in [1.54, 1.807) is 0 Å². The Morgan fingerprint density at radius 2 is 1.86 bits per heavy atom. The van der Waals surface area contributed by atoms with Crippen LogP contribution in [0.1, 0.15) is 45.1 Å². The van der Waals surface area contributed by atoms with Crippen LogP contribution in [-0.2, 0) is 9.31 Å². The zero-order chi connectivity index (χ0) is 15.9. The summed E-state index contributed by atoms with van der Waals surface area (Å²) in [5.74, 6) is 0.495. The van der Waals surface area contributed by atoms with Gasteiger partial charge < -0.3 is 9.31 Å². The van der Waals surface area contributed by atoms with Gasteiger partial charge in [-0.1, -0.05) is 49.2 Å². The summed E-state index contributed by atoms with van der Waals surface area (Å²) in [4.78, 5) is 2.43. The van der Waals surface area contributed by atoms with Crippen molar-refractivity contribution in [1.29, 1.82) is 0 Å². The van der Waals surface area contributed by atoms with Gasteiger partial charge in [-0.25, -0.2) is 0 Å². The summed E-state index contributed by atoms with van der Waals surface area (Å²) in [7, 11) is -0.247. The summed E-state index contributed by atoms with van der Waals surface area (Å²) in [6, 6.07) is 6.48. The summed E-state index contributed by atoms with van der Waals surface area (Å²) < 4.78 is 13.1. The van der Waals surface area contributed by atoms with Crippen LogP contribution < -0.4 is 5.46 Å². The molecule has 5 heteroatoms. The molecule has 2 rings (SSSR count). The molecule has 1 aliphatic rings. The van der Waals surface area contributed by atoms with Crippen LogP contribution in [0.15, 0.2) is 22.7 Å². The van der Waals surface area contributed by atoms with Gasteiger partial charge in [-0.05, 0) is 42.0 Å². The van der Waals surface area contributed by atoms with Gasteiger partial charge in [0.1, 0.15) is 0 Å². The molecule has 0 atom stereocenters. The second kappa shape index (κ2) is 9.07. The molecule has 122 valence electrons. The van der Waals surface area contributed by atoms with E-state index in [0.29, 0.717) is 5.92 Å². The third-order valence-corrected chi connectivity index (χ3v) is 4.52. The molecule has 0 amide bonds. The zero-order valence-electron chi connectivity index (χ0n) is 14.0. The van der Waals surface area contributed by atoms with Crippen LogP contribution in [0.4, 0.5) is 0 Å². The van der Waals surface area contributed by atoms with Gasteiger partial charge in [-0.2, -0.15) is 0 Å². The zero-order valence-corrected chi connectivity index (χ0v) is 15.6. The first-order valence-corrected chi connectivity index (χ1v) is 9.15. The summed E-state index contributed by atoms with van der Waals surface area (Å²) in [6.45, 7) is 11.2. The predicted octanol–water partition coefficient (Wildman–Crippen LogP) is 3.42. The number of unbranched alkanes of at least 4 members (excludes halogenated alkanes) is 1. The Hall–Kier alpha value is -0.355. The Balaban J connectivity index is 1.99. The van der Waals surface area contributed by atoms with E-state index in [2.05, 4.69) is 59.8 Å². The molecule has 1 saturated heterocycles. The quantitative estimate of drug-likeness (QED) is 0.744. The van der Waals surface area contributed by atoms with Gasteiger partial charge in [0.25, 0.3) is 0 Å². The highest BCUT2D eigenvalue weighted by atomic mass is 79.9. The molecule has 3 nitrogen and oxygen atoms in total. The number of benzene rings is 1. The molecule has 1 aliphatic heterocycles. The Labute approximate surface area is 143 Å². The Morgan fingerprint density at radius 3 is 2.45 bits per heavy atom. The largest absolute Gasteiger partial charge is 0.493 e. The average molecular weight is 368 g/mol. The van der Waals surface area contributed by atoms with Crippen molar-refractivity contribution in [2.75, 3.05) is 32.8 Å². The molecule has 0 radical (unpaired) electrons. The smallest absolute Gasteiger partial charge is 0.406 e. The van der Waals surface area contributed by atoms with Crippen LogP contribution in [0, 0.1) is 0 Å². The number of halogens is 1.